The van der Waals surface area contributed by atoms with Gasteiger partial charge in [-0.3, -0.25) is 9.69 Å². The molecule has 0 bridgehead atoms. The van der Waals surface area contributed by atoms with Crippen molar-refractivity contribution in [2.75, 3.05) is 13.1 Å². The number of nitrogens with two attached hydrogens (primary N) is 1. The first-order valence-corrected chi connectivity index (χ1v) is 7.45. The van der Waals surface area contributed by atoms with Crippen LogP contribution in [0.2, 0.25) is 0 Å². The molecule has 0 fully saturated rings. The van der Waals surface area contributed by atoms with Gasteiger partial charge in [0.05, 0.1) is 5.69 Å². The zero-order valence-electron chi connectivity index (χ0n) is 12.4. The first kappa shape index (κ1) is 14.5. The quantitative estimate of drug-likeness (QED) is 0.942. The number of primary amides is 1. The molecule has 0 spiro atoms. The van der Waals surface area contributed by atoms with E-state index in [2.05, 4.69) is 40.2 Å². The van der Waals surface area contributed by atoms with Crippen molar-refractivity contribution in [3.05, 3.63) is 71.6 Å². The predicted molar refractivity (Wildman–Crippen MR) is 87.1 cm³/mol. The third-order valence-electron chi connectivity index (χ3n) is 3.87. The molecule has 1 amide bonds. The molecule has 0 radical (unpaired) electrons. The zero-order valence-corrected chi connectivity index (χ0v) is 12.4. The minimum Gasteiger partial charge on any atom is -0.364 e. The molecule has 0 unspecified atom stereocenters. The molecule has 0 aliphatic carbocycles. The van der Waals surface area contributed by atoms with Crippen LogP contribution in [-0.2, 0) is 6.54 Å². The third kappa shape index (κ3) is 3.40. The Balaban J connectivity index is 1.68. The van der Waals surface area contributed by atoms with Gasteiger partial charge in [-0.2, -0.15) is 0 Å². The highest BCUT2D eigenvalue weighted by atomic mass is 16.1. The number of hydrogen-bond donors (Lipinski definition) is 1. The molecular formula is C18H19N3O. The summed E-state index contributed by atoms with van der Waals surface area (Å²) < 4.78 is 0. The smallest absolute Gasteiger partial charge is 0.267 e. The van der Waals surface area contributed by atoms with Crippen LogP contribution in [0.1, 0.15) is 28.2 Å². The summed E-state index contributed by atoms with van der Waals surface area (Å²) in [6.45, 7) is 2.84. The van der Waals surface area contributed by atoms with Crippen molar-refractivity contribution >= 4 is 11.5 Å². The highest BCUT2D eigenvalue weighted by molar-refractivity contribution is 5.91. The van der Waals surface area contributed by atoms with E-state index in [0.717, 1.165) is 31.7 Å². The van der Waals surface area contributed by atoms with E-state index >= 15 is 0 Å². The lowest BCUT2D eigenvalue weighted by molar-refractivity contribution is 0.0995. The number of benzene rings is 1. The molecule has 3 rings (SSSR count). The Hall–Kier alpha value is -2.46. The topological polar surface area (TPSA) is 59.2 Å². The fraction of sp³-hybridized carbons (Fsp3) is 0.222. The minimum absolute atomic E-state index is 0.324. The van der Waals surface area contributed by atoms with Crippen molar-refractivity contribution in [1.82, 2.24) is 9.88 Å². The average molecular weight is 293 g/mol. The summed E-state index contributed by atoms with van der Waals surface area (Å²) in [5.41, 5.74) is 8.99. The number of nitrogens with zero attached hydrogens (tertiary/aromatic N) is 2. The summed E-state index contributed by atoms with van der Waals surface area (Å²) in [4.78, 5) is 18.0. The fourth-order valence-corrected chi connectivity index (χ4v) is 2.68. The second kappa shape index (κ2) is 6.54. The molecule has 2 aromatic rings. The molecule has 0 saturated heterocycles. The summed E-state index contributed by atoms with van der Waals surface area (Å²) in [6, 6.07) is 15.9. The van der Waals surface area contributed by atoms with Gasteiger partial charge in [0.1, 0.15) is 5.69 Å². The molecule has 0 atom stereocenters. The normalized spacial score (nSPS) is 15.4. The van der Waals surface area contributed by atoms with E-state index in [-0.39, 0.29) is 0 Å². The molecule has 2 heterocycles. The van der Waals surface area contributed by atoms with E-state index < -0.39 is 5.91 Å². The van der Waals surface area contributed by atoms with Crippen LogP contribution in [0.25, 0.3) is 5.57 Å². The summed E-state index contributed by atoms with van der Waals surface area (Å²) in [7, 11) is 0. The largest absolute Gasteiger partial charge is 0.364 e. The number of hydrogen-bond acceptors (Lipinski definition) is 3. The molecule has 1 aliphatic rings. The van der Waals surface area contributed by atoms with Gasteiger partial charge < -0.3 is 5.73 Å². The molecule has 1 aromatic carbocycles. The number of pyridine rings is 1. The van der Waals surface area contributed by atoms with Gasteiger partial charge in [-0.05, 0) is 29.7 Å². The van der Waals surface area contributed by atoms with E-state index in [1.165, 1.54) is 11.1 Å². The SMILES string of the molecule is NC(=O)c1cccc(C2=CCN(Cc3ccccc3)CC2)n1. The standard InChI is InChI=1S/C18H19N3O/c19-18(22)17-8-4-7-16(20-17)15-9-11-21(12-10-15)13-14-5-2-1-3-6-14/h1-9H,10-13H2,(H2,19,22). The Morgan fingerprint density at radius 1 is 1.14 bits per heavy atom. The highest BCUT2D eigenvalue weighted by Gasteiger charge is 2.14. The molecule has 1 aromatic heterocycles. The van der Waals surface area contributed by atoms with Crippen LogP contribution >= 0.6 is 0 Å². The van der Waals surface area contributed by atoms with Gasteiger partial charge in [0.25, 0.3) is 5.91 Å². The van der Waals surface area contributed by atoms with Crippen molar-refractivity contribution in [2.45, 2.75) is 13.0 Å². The van der Waals surface area contributed by atoms with Crippen molar-refractivity contribution in [3.63, 3.8) is 0 Å². The third-order valence-corrected chi connectivity index (χ3v) is 3.87. The first-order chi connectivity index (χ1) is 10.7. The van der Waals surface area contributed by atoms with Crippen LogP contribution in [-0.4, -0.2) is 28.9 Å². The van der Waals surface area contributed by atoms with E-state index in [4.69, 9.17) is 5.73 Å². The molecule has 2 N–H and O–H groups in total. The molecular weight excluding hydrogens is 274 g/mol. The van der Waals surface area contributed by atoms with Gasteiger partial charge >= 0.3 is 0 Å². The van der Waals surface area contributed by atoms with Crippen molar-refractivity contribution in [3.8, 4) is 0 Å². The maximum atomic E-state index is 11.2. The molecule has 4 heteroatoms. The van der Waals surface area contributed by atoms with Gasteiger partial charge in [-0.25, -0.2) is 4.98 Å². The number of amides is 1. The Morgan fingerprint density at radius 3 is 2.64 bits per heavy atom. The first-order valence-electron chi connectivity index (χ1n) is 7.45. The van der Waals surface area contributed by atoms with Crippen molar-refractivity contribution in [1.29, 1.82) is 0 Å². The monoisotopic (exact) mass is 293 g/mol. The summed E-state index contributed by atoms with van der Waals surface area (Å²) in [5.74, 6) is -0.482. The van der Waals surface area contributed by atoms with Crippen LogP contribution in [0.4, 0.5) is 0 Å². The predicted octanol–water partition coefficient (Wildman–Crippen LogP) is 2.47. The maximum Gasteiger partial charge on any atom is 0.267 e. The van der Waals surface area contributed by atoms with Gasteiger partial charge in [0.2, 0.25) is 0 Å². The van der Waals surface area contributed by atoms with Crippen molar-refractivity contribution in [2.24, 2.45) is 5.73 Å². The van der Waals surface area contributed by atoms with Gasteiger partial charge in [0.15, 0.2) is 0 Å². The molecule has 22 heavy (non-hydrogen) atoms. The molecule has 1 aliphatic heterocycles. The average Bonchev–Trinajstić information content (AvgIpc) is 2.56. The highest BCUT2D eigenvalue weighted by Crippen LogP contribution is 2.22. The van der Waals surface area contributed by atoms with Crippen LogP contribution in [0.5, 0.6) is 0 Å². The summed E-state index contributed by atoms with van der Waals surface area (Å²) >= 11 is 0. The van der Waals surface area contributed by atoms with Crippen LogP contribution in [0.3, 0.4) is 0 Å². The van der Waals surface area contributed by atoms with E-state index in [0.29, 0.717) is 5.69 Å². The summed E-state index contributed by atoms with van der Waals surface area (Å²) in [5, 5.41) is 0. The Kier molecular flexibility index (Phi) is 4.30. The number of aromatic nitrogens is 1. The van der Waals surface area contributed by atoms with Gasteiger partial charge in [-0.15, -0.1) is 0 Å². The zero-order chi connectivity index (χ0) is 15.4. The molecule has 0 saturated carbocycles. The lowest BCUT2D eigenvalue weighted by Gasteiger charge is -2.26. The van der Waals surface area contributed by atoms with E-state index in [9.17, 15) is 4.79 Å². The summed E-state index contributed by atoms with van der Waals surface area (Å²) in [6.07, 6.45) is 3.13. The maximum absolute atomic E-state index is 11.2. The number of carbonyl (C=O) groups is 1. The Bertz CT molecular complexity index is 694. The lowest BCUT2D eigenvalue weighted by atomic mass is 10.0. The van der Waals surface area contributed by atoms with Crippen LogP contribution in [0.15, 0.2) is 54.6 Å². The fourth-order valence-electron chi connectivity index (χ4n) is 2.68. The van der Waals surface area contributed by atoms with E-state index in [1.54, 1.807) is 6.07 Å². The minimum atomic E-state index is -0.482. The molecule has 4 nitrogen and oxygen atoms in total. The van der Waals surface area contributed by atoms with Crippen LogP contribution < -0.4 is 5.73 Å². The lowest BCUT2D eigenvalue weighted by Crippen LogP contribution is -2.28. The Morgan fingerprint density at radius 2 is 1.95 bits per heavy atom. The van der Waals surface area contributed by atoms with Gasteiger partial charge in [0, 0.05) is 19.6 Å². The molecule has 112 valence electrons. The van der Waals surface area contributed by atoms with Crippen molar-refractivity contribution < 1.29 is 4.79 Å². The second-order valence-electron chi connectivity index (χ2n) is 5.47. The van der Waals surface area contributed by atoms with E-state index in [1.807, 2.05) is 18.2 Å². The number of carbonyl (C=O) groups excluding carboxylic acids is 1. The Labute approximate surface area is 130 Å². The van der Waals surface area contributed by atoms with Gasteiger partial charge in [-0.1, -0.05) is 42.5 Å². The van der Waals surface area contributed by atoms with Crippen LogP contribution in [0, 0.1) is 0 Å². The number of rotatable bonds is 4. The second-order valence-corrected chi connectivity index (χ2v) is 5.47.